The molecule has 2 fully saturated rings. The summed E-state index contributed by atoms with van der Waals surface area (Å²) in [6, 6.07) is 0. The van der Waals surface area contributed by atoms with Gasteiger partial charge in [-0.15, -0.1) is 0 Å². The summed E-state index contributed by atoms with van der Waals surface area (Å²) in [6.07, 6.45) is -7.07. The molecule has 6 N–H and O–H groups in total. The van der Waals surface area contributed by atoms with Crippen LogP contribution in [0, 0.1) is 5.92 Å². The van der Waals surface area contributed by atoms with Crippen LogP contribution in [-0.4, -0.2) is 106 Å². The van der Waals surface area contributed by atoms with Gasteiger partial charge in [-0.1, -0.05) is 18.6 Å². The van der Waals surface area contributed by atoms with Crippen molar-refractivity contribution in [1.29, 1.82) is 0 Å². The van der Waals surface area contributed by atoms with Gasteiger partial charge in [0.25, 0.3) is 0 Å². The van der Waals surface area contributed by atoms with E-state index >= 15 is 0 Å². The molecule has 182 valence electrons. The Morgan fingerprint density at radius 2 is 1.58 bits per heavy atom. The number of aliphatic hydroxyl groups excluding tert-OH is 6. The third-order valence-corrected chi connectivity index (χ3v) is 5.65. The highest BCUT2D eigenvalue weighted by Crippen LogP contribution is 2.25. The number of hydrogen-bond acceptors (Lipinski definition) is 10. The number of hydrogen-bond donors (Lipinski definition) is 6. The fourth-order valence-corrected chi connectivity index (χ4v) is 3.49. The molecule has 0 spiro atoms. The van der Waals surface area contributed by atoms with Crippen LogP contribution in [0.4, 0.5) is 0 Å². The second-order valence-corrected chi connectivity index (χ2v) is 8.72. The van der Waals surface area contributed by atoms with Gasteiger partial charge in [-0.25, -0.2) is 0 Å². The summed E-state index contributed by atoms with van der Waals surface area (Å²) in [5, 5.41) is 59.7. The first-order valence-electron chi connectivity index (χ1n) is 10.8. The zero-order chi connectivity index (χ0) is 23.1. The Morgan fingerprint density at radius 3 is 2.26 bits per heavy atom. The van der Waals surface area contributed by atoms with Gasteiger partial charge in [0.15, 0.2) is 12.6 Å². The summed E-state index contributed by atoms with van der Waals surface area (Å²) in [4.78, 5) is 0. The molecule has 0 radical (unpaired) electrons. The van der Waals surface area contributed by atoms with Crippen molar-refractivity contribution < 1.29 is 49.6 Å². The Bertz CT molecular complexity index is 554. The van der Waals surface area contributed by atoms with Gasteiger partial charge < -0.3 is 49.6 Å². The fourth-order valence-electron chi connectivity index (χ4n) is 3.49. The molecule has 0 aromatic rings. The van der Waals surface area contributed by atoms with E-state index in [2.05, 4.69) is 26.8 Å². The molecule has 0 aromatic heterocycles. The molecule has 31 heavy (non-hydrogen) atoms. The first-order valence-corrected chi connectivity index (χ1v) is 10.8. The van der Waals surface area contributed by atoms with Crippen LogP contribution in [-0.2, 0) is 18.9 Å². The number of allylic oxidation sites excluding steroid dienone is 2. The molecule has 10 heteroatoms. The molecule has 0 amide bonds. The van der Waals surface area contributed by atoms with E-state index in [4.69, 9.17) is 18.9 Å². The second-order valence-electron chi connectivity index (χ2n) is 8.72. The van der Waals surface area contributed by atoms with Crippen molar-refractivity contribution in [3.63, 3.8) is 0 Å². The summed E-state index contributed by atoms with van der Waals surface area (Å²) >= 11 is 0. The maximum absolute atomic E-state index is 10.2. The first kappa shape index (κ1) is 26.6. The fraction of sp³-hybridized carbons (Fsp3) is 0.905. The average Bonchev–Trinajstić information content (AvgIpc) is 2.72. The van der Waals surface area contributed by atoms with Gasteiger partial charge in [0.2, 0.25) is 0 Å². The van der Waals surface area contributed by atoms with Crippen LogP contribution >= 0.6 is 0 Å². The van der Waals surface area contributed by atoms with Crippen LogP contribution in [0.3, 0.4) is 0 Å². The van der Waals surface area contributed by atoms with Gasteiger partial charge in [0, 0.05) is 0 Å². The minimum absolute atomic E-state index is 0.226. The molecular weight excluding hydrogens is 412 g/mol. The van der Waals surface area contributed by atoms with Crippen molar-refractivity contribution in [2.75, 3.05) is 19.8 Å². The lowest BCUT2D eigenvalue weighted by atomic mass is 9.99. The van der Waals surface area contributed by atoms with Crippen LogP contribution in [0.25, 0.3) is 0 Å². The zero-order valence-electron chi connectivity index (χ0n) is 18.4. The summed E-state index contributed by atoms with van der Waals surface area (Å²) in [5.41, 5.74) is 1.28. The van der Waals surface area contributed by atoms with Gasteiger partial charge in [-0.05, 0) is 39.0 Å². The molecular formula is C21H38O10. The van der Waals surface area contributed by atoms with Crippen LogP contribution in [0.2, 0.25) is 0 Å². The van der Waals surface area contributed by atoms with Gasteiger partial charge >= 0.3 is 0 Å². The van der Waals surface area contributed by atoms with Crippen molar-refractivity contribution in [1.82, 2.24) is 0 Å². The molecule has 2 heterocycles. The summed E-state index contributed by atoms with van der Waals surface area (Å²) in [5.74, 6) is 0.401. The molecule has 0 aromatic carbocycles. The van der Waals surface area contributed by atoms with Gasteiger partial charge in [-0.3, -0.25) is 0 Å². The molecule has 0 saturated carbocycles. The quantitative estimate of drug-likeness (QED) is 0.229. The number of ether oxygens (including phenoxy) is 4. The van der Waals surface area contributed by atoms with E-state index in [1.165, 1.54) is 5.57 Å². The lowest BCUT2D eigenvalue weighted by Crippen LogP contribution is -2.60. The normalized spacial score (nSPS) is 39.8. The first-order chi connectivity index (χ1) is 14.6. The van der Waals surface area contributed by atoms with E-state index in [-0.39, 0.29) is 13.2 Å². The Balaban J connectivity index is 1.81. The minimum atomic E-state index is -1.51. The molecule has 2 aliphatic heterocycles. The highest BCUT2D eigenvalue weighted by Gasteiger charge is 2.45. The summed E-state index contributed by atoms with van der Waals surface area (Å²) < 4.78 is 21.7. The largest absolute Gasteiger partial charge is 0.388 e. The van der Waals surface area contributed by atoms with E-state index < -0.39 is 55.3 Å². The SMILES string of the molecule is CC(C)=CCCC(C)CCOC1OC(COC2OCC(O)C(O)C2O)C(O)C(O)C1O. The molecule has 10 nitrogen and oxygen atoms in total. The Kier molecular flexibility index (Phi) is 10.8. The van der Waals surface area contributed by atoms with E-state index in [1.807, 2.05) is 0 Å². The third-order valence-electron chi connectivity index (χ3n) is 5.65. The minimum Gasteiger partial charge on any atom is -0.388 e. The van der Waals surface area contributed by atoms with Gasteiger partial charge in [0.05, 0.1) is 19.8 Å². The molecule has 2 saturated heterocycles. The second kappa shape index (κ2) is 12.5. The smallest absolute Gasteiger partial charge is 0.186 e. The van der Waals surface area contributed by atoms with E-state index in [0.717, 1.165) is 19.3 Å². The molecule has 10 atom stereocenters. The molecule has 2 aliphatic rings. The predicted octanol–water partition coefficient (Wildman–Crippen LogP) is -0.961. The third kappa shape index (κ3) is 7.71. The van der Waals surface area contributed by atoms with Gasteiger partial charge in [0.1, 0.15) is 42.7 Å². The Labute approximate surface area is 183 Å². The zero-order valence-corrected chi connectivity index (χ0v) is 18.4. The van der Waals surface area contributed by atoms with Crippen LogP contribution in [0.15, 0.2) is 11.6 Å². The maximum atomic E-state index is 10.2. The van der Waals surface area contributed by atoms with Crippen LogP contribution in [0.1, 0.15) is 40.0 Å². The average molecular weight is 451 g/mol. The maximum Gasteiger partial charge on any atom is 0.186 e. The van der Waals surface area contributed by atoms with Crippen molar-refractivity contribution in [3.8, 4) is 0 Å². The molecule has 0 bridgehead atoms. The van der Waals surface area contributed by atoms with Gasteiger partial charge in [-0.2, -0.15) is 0 Å². The molecule has 2 rings (SSSR count). The van der Waals surface area contributed by atoms with Crippen molar-refractivity contribution in [3.05, 3.63) is 11.6 Å². The van der Waals surface area contributed by atoms with Crippen LogP contribution in [0.5, 0.6) is 0 Å². The standard InChI is InChI=1S/C21H38O10/c1-11(2)5-4-6-12(3)7-8-28-21-19(27)17(25)16(24)14(31-21)10-30-20-18(26)15(23)13(22)9-29-20/h5,12-27H,4,6-10H2,1-3H3. The van der Waals surface area contributed by atoms with Crippen molar-refractivity contribution in [2.45, 2.75) is 95.3 Å². The lowest BCUT2D eigenvalue weighted by Gasteiger charge is -2.41. The van der Waals surface area contributed by atoms with E-state index in [1.54, 1.807) is 0 Å². The highest BCUT2D eigenvalue weighted by atomic mass is 16.7. The summed E-state index contributed by atoms with van der Waals surface area (Å²) in [7, 11) is 0. The van der Waals surface area contributed by atoms with Crippen LogP contribution < -0.4 is 0 Å². The van der Waals surface area contributed by atoms with Crippen molar-refractivity contribution in [2.24, 2.45) is 5.92 Å². The predicted molar refractivity (Wildman–Crippen MR) is 109 cm³/mol. The van der Waals surface area contributed by atoms with E-state index in [0.29, 0.717) is 12.5 Å². The van der Waals surface area contributed by atoms with E-state index in [9.17, 15) is 30.6 Å². The monoisotopic (exact) mass is 450 g/mol. The Morgan fingerprint density at radius 1 is 0.903 bits per heavy atom. The number of rotatable bonds is 10. The lowest BCUT2D eigenvalue weighted by molar-refractivity contribution is -0.321. The van der Waals surface area contributed by atoms with Crippen molar-refractivity contribution >= 4 is 0 Å². The topological polar surface area (TPSA) is 158 Å². The highest BCUT2D eigenvalue weighted by molar-refractivity contribution is 4.93. The Hall–Kier alpha value is -0.660. The molecule has 0 aliphatic carbocycles. The summed E-state index contributed by atoms with van der Waals surface area (Å²) in [6.45, 7) is 6.01. The number of aliphatic hydroxyl groups is 6. The molecule has 10 unspecified atom stereocenters.